The van der Waals surface area contributed by atoms with Crippen molar-refractivity contribution in [2.75, 3.05) is 5.32 Å². The van der Waals surface area contributed by atoms with E-state index in [1.165, 1.54) is 0 Å². The molecule has 27 heavy (non-hydrogen) atoms. The zero-order valence-electron chi connectivity index (χ0n) is 14.6. The van der Waals surface area contributed by atoms with Crippen molar-refractivity contribution in [2.24, 2.45) is 0 Å². The highest BCUT2D eigenvalue weighted by Gasteiger charge is 2.29. The van der Waals surface area contributed by atoms with E-state index in [0.29, 0.717) is 39.9 Å². The summed E-state index contributed by atoms with van der Waals surface area (Å²) in [6.45, 7) is 1.79. The molecule has 1 saturated carbocycles. The summed E-state index contributed by atoms with van der Waals surface area (Å²) in [6, 6.07) is 13.1. The first-order valence-electron chi connectivity index (χ1n) is 8.79. The maximum absolute atomic E-state index is 13.0. The lowest BCUT2D eigenvalue weighted by molar-refractivity contribution is 0.102. The lowest BCUT2D eigenvalue weighted by Crippen LogP contribution is -2.13. The van der Waals surface area contributed by atoms with Gasteiger partial charge in [-0.2, -0.15) is 0 Å². The van der Waals surface area contributed by atoms with Crippen molar-refractivity contribution < 1.29 is 13.8 Å². The number of benzene rings is 1. The largest absolute Gasteiger partial charge is 0.338 e. The zero-order chi connectivity index (χ0) is 18.4. The Labute approximate surface area is 154 Å². The molecule has 4 aromatic rings. The van der Waals surface area contributed by atoms with Crippen molar-refractivity contribution in [3.63, 3.8) is 0 Å². The maximum Gasteiger partial charge on any atom is 0.259 e. The molecule has 1 aliphatic carbocycles. The fraction of sp³-hybridized carbons (Fsp3) is 0.200. The monoisotopic (exact) mass is 360 g/mol. The van der Waals surface area contributed by atoms with Gasteiger partial charge in [-0.15, -0.1) is 0 Å². The number of nitrogens with one attached hydrogen (secondary N) is 1. The highest BCUT2D eigenvalue weighted by Crippen LogP contribution is 2.41. The van der Waals surface area contributed by atoms with Crippen LogP contribution < -0.4 is 5.32 Å². The van der Waals surface area contributed by atoms with E-state index >= 15 is 0 Å². The summed E-state index contributed by atoms with van der Waals surface area (Å²) in [5, 5.41) is 11.3. The van der Waals surface area contributed by atoms with Crippen molar-refractivity contribution in [3.05, 3.63) is 59.4 Å². The van der Waals surface area contributed by atoms with Crippen LogP contribution in [-0.2, 0) is 0 Å². The minimum atomic E-state index is -0.305. The molecule has 0 unspecified atom stereocenters. The highest BCUT2D eigenvalue weighted by atomic mass is 16.5. The smallest absolute Gasteiger partial charge is 0.259 e. The molecule has 1 aromatic carbocycles. The number of hydrogen-bond donors (Lipinski definition) is 1. The summed E-state index contributed by atoms with van der Waals surface area (Å²) in [5.41, 5.74) is 3.85. The minimum Gasteiger partial charge on any atom is -0.338 e. The lowest BCUT2D eigenvalue weighted by atomic mass is 10.0. The van der Waals surface area contributed by atoms with Crippen LogP contribution in [0.5, 0.6) is 0 Å². The molecule has 0 bridgehead atoms. The van der Waals surface area contributed by atoms with Crippen LogP contribution in [0, 0.1) is 6.92 Å². The minimum absolute atomic E-state index is 0.299. The summed E-state index contributed by atoms with van der Waals surface area (Å²) in [7, 11) is 0. The van der Waals surface area contributed by atoms with Gasteiger partial charge in [0, 0.05) is 23.2 Å². The highest BCUT2D eigenvalue weighted by molar-refractivity contribution is 6.14. The van der Waals surface area contributed by atoms with Crippen LogP contribution >= 0.6 is 0 Å². The van der Waals surface area contributed by atoms with Crippen LogP contribution in [-0.4, -0.2) is 21.2 Å². The molecule has 0 spiro atoms. The second-order valence-electron chi connectivity index (χ2n) is 6.73. The van der Waals surface area contributed by atoms with Gasteiger partial charge < -0.3 is 9.05 Å². The van der Waals surface area contributed by atoms with Gasteiger partial charge in [0.15, 0.2) is 0 Å². The van der Waals surface area contributed by atoms with Crippen LogP contribution in [0.2, 0.25) is 0 Å². The molecule has 3 aromatic heterocycles. The molecule has 1 amide bonds. The Bertz CT molecular complexity index is 1140. The second-order valence-corrected chi connectivity index (χ2v) is 6.73. The van der Waals surface area contributed by atoms with E-state index in [4.69, 9.17) is 9.05 Å². The summed E-state index contributed by atoms with van der Waals surface area (Å²) in [5.74, 6) is 0.368. The number of carbonyl (C=O) groups excluding carboxylic acids is 1. The van der Waals surface area contributed by atoms with Crippen LogP contribution in [0.25, 0.3) is 22.4 Å². The molecule has 7 nitrogen and oxygen atoms in total. The molecule has 5 rings (SSSR count). The van der Waals surface area contributed by atoms with Crippen molar-refractivity contribution in [2.45, 2.75) is 25.7 Å². The first-order valence-corrected chi connectivity index (χ1v) is 8.79. The summed E-state index contributed by atoms with van der Waals surface area (Å²) < 4.78 is 10.6. The fourth-order valence-corrected chi connectivity index (χ4v) is 3.13. The number of rotatable bonds is 4. The van der Waals surface area contributed by atoms with Crippen molar-refractivity contribution in [1.82, 2.24) is 15.3 Å². The van der Waals surface area contributed by atoms with Crippen LogP contribution in [0.3, 0.4) is 0 Å². The normalized spacial score (nSPS) is 13.8. The van der Waals surface area contributed by atoms with Gasteiger partial charge >= 0.3 is 0 Å². The van der Waals surface area contributed by atoms with E-state index in [1.807, 2.05) is 36.4 Å². The van der Waals surface area contributed by atoms with Gasteiger partial charge in [-0.25, -0.2) is 4.98 Å². The van der Waals surface area contributed by atoms with Crippen LogP contribution in [0.4, 0.5) is 5.88 Å². The molecule has 0 saturated heterocycles. The average Bonchev–Trinajstić information content (AvgIpc) is 3.33. The average molecular weight is 360 g/mol. The number of anilines is 1. The fourth-order valence-electron chi connectivity index (χ4n) is 3.13. The first-order chi connectivity index (χ1) is 13.2. The number of pyridine rings is 1. The van der Waals surface area contributed by atoms with Gasteiger partial charge in [-0.3, -0.25) is 10.1 Å². The van der Waals surface area contributed by atoms with E-state index in [9.17, 15) is 4.79 Å². The number of hydrogen-bond acceptors (Lipinski definition) is 6. The van der Waals surface area contributed by atoms with Crippen LogP contribution in [0.1, 0.15) is 40.5 Å². The molecule has 1 fully saturated rings. The van der Waals surface area contributed by atoms with E-state index < -0.39 is 0 Å². The Morgan fingerprint density at radius 2 is 1.93 bits per heavy atom. The molecule has 134 valence electrons. The summed E-state index contributed by atoms with van der Waals surface area (Å²) in [4.78, 5) is 17.6. The Hall–Kier alpha value is -3.48. The standard InChI is InChI=1S/C20H16N4O3/c1-11-9-16(26-23-11)22-19(25)14-10-15(12-7-8-12)21-20-17(14)18(24-27-20)13-5-3-2-4-6-13/h2-6,9-10,12H,7-8H2,1H3,(H,22,25). The Morgan fingerprint density at radius 3 is 2.63 bits per heavy atom. The van der Waals surface area contributed by atoms with Gasteiger partial charge in [0.25, 0.3) is 11.6 Å². The van der Waals surface area contributed by atoms with Crippen molar-refractivity contribution in [3.8, 4) is 11.3 Å². The number of carbonyl (C=O) groups is 1. The summed E-state index contributed by atoms with van der Waals surface area (Å²) in [6.07, 6.45) is 2.14. The number of aromatic nitrogens is 3. The quantitative estimate of drug-likeness (QED) is 0.582. The second kappa shape index (κ2) is 6.05. The third-order valence-corrected chi connectivity index (χ3v) is 4.62. The van der Waals surface area contributed by atoms with Crippen molar-refractivity contribution >= 4 is 22.9 Å². The summed E-state index contributed by atoms with van der Waals surface area (Å²) >= 11 is 0. The van der Waals surface area contributed by atoms with Crippen molar-refractivity contribution in [1.29, 1.82) is 0 Å². The molecule has 3 heterocycles. The van der Waals surface area contributed by atoms with Gasteiger partial charge in [-0.1, -0.05) is 40.6 Å². The molecular formula is C20H16N4O3. The van der Waals surface area contributed by atoms with E-state index in [-0.39, 0.29) is 5.91 Å². The predicted molar refractivity (Wildman–Crippen MR) is 98.4 cm³/mol. The number of fused-ring (bicyclic) bond motifs is 1. The van der Waals surface area contributed by atoms with Gasteiger partial charge in [0.05, 0.1) is 16.6 Å². The SMILES string of the molecule is Cc1cc(NC(=O)c2cc(C3CC3)nc3onc(-c4ccccc4)c23)on1. The Kier molecular flexibility index (Phi) is 3.53. The van der Waals surface area contributed by atoms with Gasteiger partial charge in [0.2, 0.25) is 5.88 Å². The molecular weight excluding hydrogens is 344 g/mol. The van der Waals surface area contributed by atoms with E-state index in [2.05, 4.69) is 20.6 Å². The Morgan fingerprint density at radius 1 is 1.11 bits per heavy atom. The number of nitrogens with zero attached hydrogens (tertiary/aromatic N) is 3. The molecule has 1 N–H and O–H groups in total. The number of aryl methyl sites for hydroxylation is 1. The lowest BCUT2D eigenvalue weighted by Gasteiger charge is -2.06. The molecule has 1 aliphatic rings. The van der Waals surface area contributed by atoms with Crippen LogP contribution in [0.15, 0.2) is 51.5 Å². The molecule has 7 heteroatoms. The molecule has 0 atom stereocenters. The van der Waals surface area contributed by atoms with E-state index in [0.717, 1.165) is 24.1 Å². The van der Waals surface area contributed by atoms with Gasteiger partial charge in [0.1, 0.15) is 5.69 Å². The number of amides is 1. The predicted octanol–water partition coefficient (Wildman–Crippen LogP) is 4.32. The first kappa shape index (κ1) is 15.7. The maximum atomic E-state index is 13.0. The Balaban J connectivity index is 1.65. The third-order valence-electron chi connectivity index (χ3n) is 4.62. The van der Waals surface area contributed by atoms with E-state index in [1.54, 1.807) is 13.0 Å². The zero-order valence-corrected chi connectivity index (χ0v) is 14.6. The van der Waals surface area contributed by atoms with Gasteiger partial charge in [-0.05, 0) is 25.8 Å². The molecule has 0 radical (unpaired) electrons. The topological polar surface area (TPSA) is 94.1 Å². The third kappa shape index (κ3) is 2.87. The molecule has 0 aliphatic heterocycles.